The van der Waals surface area contributed by atoms with Crippen molar-refractivity contribution < 1.29 is 9.59 Å². The number of amides is 2. The van der Waals surface area contributed by atoms with Crippen LogP contribution in [0.25, 0.3) is 0 Å². The summed E-state index contributed by atoms with van der Waals surface area (Å²) in [6.45, 7) is 0.158. The average molecular weight is 311 g/mol. The Morgan fingerprint density at radius 1 is 1.57 bits per heavy atom. The maximum absolute atomic E-state index is 11.8. The first kappa shape index (κ1) is 15.8. The number of rotatable bonds is 8. The molecule has 2 rings (SSSR count). The van der Waals surface area contributed by atoms with Gasteiger partial charge in [0.05, 0.1) is 17.9 Å². The monoisotopic (exact) mass is 311 g/mol. The third-order valence-electron chi connectivity index (χ3n) is 3.12. The number of carbonyl (C=O) groups excluding carboxylic acids is 2. The van der Waals surface area contributed by atoms with Gasteiger partial charge < -0.3 is 16.4 Å². The molecule has 0 aromatic carbocycles. The highest BCUT2D eigenvalue weighted by Gasteiger charge is 2.23. The standard InChI is InChI=1S/C13H21N5O2S/c1-21-5-4-11(14)13(20)17-10-6-15-18(7-10)8-12(19)16-9-2-3-9/h6-7,9,11H,2-5,8,14H2,1H3,(H,16,19)(H,17,20)/t11-/m1/s1. The maximum atomic E-state index is 11.8. The van der Waals surface area contributed by atoms with E-state index in [1.165, 1.54) is 10.9 Å². The highest BCUT2D eigenvalue weighted by Crippen LogP contribution is 2.18. The molecule has 1 saturated carbocycles. The summed E-state index contributed by atoms with van der Waals surface area (Å²) in [6.07, 6.45) is 7.86. The lowest BCUT2D eigenvalue weighted by atomic mass is 10.2. The SMILES string of the molecule is CSCC[C@@H](N)C(=O)Nc1cnn(CC(=O)NC2CC2)c1. The van der Waals surface area contributed by atoms with Gasteiger partial charge in [0.15, 0.2) is 0 Å². The summed E-state index contributed by atoms with van der Waals surface area (Å²) in [7, 11) is 0. The number of carbonyl (C=O) groups is 2. The van der Waals surface area contributed by atoms with Gasteiger partial charge >= 0.3 is 0 Å². The van der Waals surface area contributed by atoms with Crippen LogP contribution in [0, 0.1) is 0 Å². The van der Waals surface area contributed by atoms with E-state index in [1.54, 1.807) is 18.0 Å². The van der Waals surface area contributed by atoms with E-state index in [-0.39, 0.29) is 18.4 Å². The summed E-state index contributed by atoms with van der Waals surface area (Å²) in [5.41, 5.74) is 6.34. The van der Waals surface area contributed by atoms with Crippen LogP contribution in [0.4, 0.5) is 5.69 Å². The summed E-state index contributed by atoms with van der Waals surface area (Å²) < 4.78 is 1.50. The van der Waals surface area contributed by atoms with Crippen LogP contribution in [0.5, 0.6) is 0 Å². The number of nitrogens with two attached hydrogens (primary N) is 1. The first-order valence-corrected chi connectivity index (χ1v) is 8.35. The Morgan fingerprint density at radius 2 is 2.33 bits per heavy atom. The molecule has 0 saturated heterocycles. The normalized spacial score (nSPS) is 15.5. The molecular formula is C13H21N5O2S. The Hall–Kier alpha value is -1.54. The van der Waals surface area contributed by atoms with Crippen LogP contribution in [0.15, 0.2) is 12.4 Å². The van der Waals surface area contributed by atoms with Crippen molar-refractivity contribution in [2.24, 2.45) is 5.73 Å². The number of nitrogens with one attached hydrogen (secondary N) is 2. The summed E-state index contributed by atoms with van der Waals surface area (Å²) in [5.74, 6) is 0.552. The lowest BCUT2D eigenvalue weighted by molar-refractivity contribution is -0.122. The first-order valence-electron chi connectivity index (χ1n) is 6.95. The van der Waals surface area contributed by atoms with Crippen molar-refractivity contribution in [1.82, 2.24) is 15.1 Å². The number of nitrogens with zero attached hydrogens (tertiary/aromatic N) is 2. The minimum Gasteiger partial charge on any atom is -0.352 e. The number of hydrogen-bond donors (Lipinski definition) is 3. The summed E-state index contributed by atoms with van der Waals surface area (Å²) >= 11 is 1.65. The van der Waals surface area contributed by atoms with Crippen molar-refractivity contribution in [3.8, 4) is 0 Å². The quantitative estimate of drug-likeness (QED) is 0.636. The fourth-order valence-corrected chi connectivity index (χ4v) is 2.26. The van der Waals surface area contributed by atoms with Crippen LogP contribution < -0.4 is 16.4 Å². The van der Waals surface area contributed by atoms with E-state index in [1.807, 2.05) is 6.26 Å². The molecule has 2 amide bonds. The molecule has 0 bridgehead atoms. The molecule has 1 aliphatic rings. The summed E-state index contributed by atoms with van der Waals surface area (Å²) in [4.78, 5) is 23.5. The number of aromatic nitrogens is 2. The van der Waals surface area contributed by atoms with Crippen molar-refractivity contribution >= 4 is 29.3 Å². The van der Waals surface area contributed by atoms with Crippen molar-refractivity contribution in [3.63, 3.8) is 0 Å². The lowest BCUT2D eigenvalue weighted by Gasteiger charge is -2.09. The largest absolute Gasteiger partial charge is 0.352 e. The van der Waals surface area contributed by atoms with E-state index >= 15 is 0 Å². The second kappa shape index (κ2) is 7.46. The Balaban J connectivity index is 1.78. The molecular weight excluding hydrogens is 290 g/mol. The second-order valence-electron chi connectivity index (χ2n) is 5.15. The van der Waals surface area contributed by atoms with E-state index in [0.29, 0.717) is 18.2 Å². The fraction of sp³-hybridized carbons (Fsp3) is 0.615. The molecule has 0 spiro atoms. The smallest absolute Gasteiger partial charge is 0.241 e. The van der Waals surface area contributed by atoms with Gasteiger partial charge in [0, 0.05) is 12.2 Å². The molecule has 116 valence electrons. The van der Waals surface area contributed by atoms with Gasteiger partial charge in [-0.3, -0.25) is 14.3 Å². The van der Waals surface area contributed by atoms with E-state index < -0.39 is 6.04 Å². The molecule has 1 aromatic rings. The summed E-state index contributed by atoms with van der Waals surface area (Å²) in [5, 5.41) is 9.65. The predicted octanol–water partition coefficient (Wildman–Crippen LogP) is 0.181. The van der Waals surface area contributed by atoms with Crippen molar-refractivity contribution in [2.45, 2.75) is 37.9 Å². The van der Waals surface area contributed by atoms with E-state index in [9.17, 15) is 9.59 Å². The number of hydrogen-bond acceptors (Lipinski definition) is 5. The van der Waals surface area contributed by atoms with E-state index in [4.69, 9.17) is 5.73 Å². The molecule has 1 aromatic heterocycles. The Bertz CT molecular complexity index is 501. The van der Waals surface area contributed by atoms with Crippen molar-refractivity contribution in [3.05, 3.63) is 12.4 Å². The zero-order valence-electron chi connectivity index (χ0n) is 12.0. The van der Waals surface area contributed by atoms with Gasteiger partial charge in [0.2, 0.25) is 11.8 Å². The zero-order chi connectivity index (χ0) is 15.2. The third kappa shape index (κ3) is 5.39. The molecule has 1 aliphatic carbocycles. The highest BCUT2D eigenvalue weighted by atomic mass is 32.2. The minimum atomic E-state index is -0.529. The second-order valence-corrected chi connectivity index (χ2v) is 6.13. The van der Waals surface area contributed by atoms with Crippen molar-refractivity contribution in [2.75, 3.05) is 17.3 Å². The van der Waals surface area contributed by atoms with Gasteiger partial charge in [0.25, 0.3) is 0 Å². The number of thioether (sulfide) groups is 1. The Kier molecular flexibility index (Phi) is 5.63. The Labute approximate surface area is 128 Å². The van der Waals surface area contributed by atoms with Crippen LogP contribution >= 0.6 is 11.8 Å². The molecule has 0 unspecified atom stereocenters. The lowest BCUT2D eigenvalue weighted by Crippen LogP contribution is -2.36. The first-order chi connectivity index (χ1) is 10.1. The molecule has 1 atom stereocenters. The van der Waals surface area contributed by atoms with Crippen LogP contribution in [0.1, 0.15) is 19.3 Å². The molecule has 4 N–H and O–H groups in total. The molecule has 0 radical (unpaired) electrons. The minimum absolute atomic E-state index is 0.0600. The Morgan fingerprint density at radius 3 is 3.00 bits per heavy atom. The van der Waals surface area contributed by atoms with E-state index in [0.717, 1.165) is 18.6 Å². The molecule has 1 fully saturated rings. The van der Waals surface area contributed by atoms with Crippen LogP contribution in [0.3, 0.4) is 0 Å². The zero-order valence-corrected chi connectivity index (χ0v) is 12.9. The molecule has 8 heteroatoms. The fourth-order valence-electron chi connectivity index (χ4n) is 1.77. The van der Waals surface area contributed by atoms with Crippen LogP contribution in [-0.2, 0) is 16.1 Å². The van der Waals surface area contributed by atoms with Crippen LogP contribution in [0.2, 0.25) is 0 Å². The molecule has 7 nitrogen and oxygen atoms in total. The molecule has 1 heterocycles. The van der Waals surface area contributed by atoms with Gasteiger partial charge in [-0.1, -0.05) is 0 Å². The van der Waals surface area contributed by atoms with Gasteiger partial charge in [-0.2, -0.15) is 16.9 Å². The van der Waals surface area contributed by atoms with E-state index in [2.05, 4.69) is 15.7 Å². The third-order valence-corrected chi connectivity index (χ3v) is 3.76. The average Bonchev–Trinajstić information content (AvgIpc) is 3.15. The van der Waals surface area contributed by atoms with Crippen molar-refractivity contribution in [1.29, 1.82) is 0 Å². The van der Waals surface area contributed by atoms with Gasteiger partial charge in [0.1, 0.15) is 6.54 Å². The predicted molar refractivity (Wildman–Crippen MR) is 83.0 cm³/mol. The van der Waals surface area contributed by atoms with Gasteiger partial charge in [-0.05, 0) is 31.3 Å². The summed E-state index contributed by atoms with van der Waals surface area (Å²) in [6, 6.07) is -0.194. The molecule has 0 aliphatic heterocycles. The number of anilines is 1. The topological polar surface area (TPSA) is 102 Å². The van der Waals surface area contributed by atoms with Crippen LogP contribution in [-0.4, -0.2) is 45.7 Å². The van der Waals surface area contributed by atoms with Gasteiger partial charge in [-0.15, -0.1) is 0 Å². The van der Waals surface area contributed by atoms with Gasteiger partial charge in [-0.25, -0.2) is 0 Å². The highest BCUT2D eigenvalue weighted by molar-refractivity contribution is 7.98. The molecule has 21 heavy (non-hydrogen) atoms. The maximum Gasteiger partial charge on any atom is 0.241 e.